The van der Waals surface area contributed by atoms with E-state index in [-0.39, 0.29) is 0 Å². The maximum Gasteiger partial charge on any atom is 0.0431 e. The highest BCUT2D eigenvalue weighted by molar-refractivity contribution is 6.36. The van der Waals surface area contributed by atoms with Gasteiger partial charge in [0.2, 0.25) is 0 Å². The summed E-state index contributed by atoms with van der Waals surface area (Å²) in [6.45, 7) is 6.28. The number of unbranched alkanes of at least 4 members (excludes halogenated alkanes) is 3. The highest BCUT2D eigenvalue weighted by Crippen LogP contribution is 2.09. The van der Waals surface area contributed by atoms with Gasteiger partial charge in [-0.3, -0.25) is 0 Å². The molecule has 0 fully saturated rings. The Kier molecular flexibility index (Phi) is 11.0. The summed E-state index contributed by atoms with van der Waals surface area (Å²) in [5, 5.41) is 3.93. The van der Waals surface area contributed by atoms with Crippen molar-refractivity contribution in [1.82, 2.24) is 5.32 Å². The topological polar surface area (TPSA) is 12.0 Å². The molecule has 3 heteroatoms. The van der Waals surface area contributed by atoms with Gasteiger partial charge in [-0.05, 0) is 18.9 Å². The first kappa shape index (κ1) is 15.3. The van der Waals surface area contributed by atoms with Gasteiger partial charge >= 0.3 is 0 Å². The molecule has 0 saturated carbocycles. The fraction of sp³-hybridized carbons (Fsp3) is 0.833. The molecule has 15 heavy (non-hydrogen) atoms. The molecule has 0 unspecified atom stereocenters. The molecule has 0 aliphatic rings. The van der Waals surface area contributed by atoms with Gasteiger partial charge in [0.1, 0.15) is 0 Å². The Morgan fingerprint density at radius 1 is 1.20 bits per heavy atom. The smallest absolute Gasteiger partial charge is 0.0431 e. The van der Waals surface area contributed by atoms with Crippen LogP contribution >= 0.6 is 23.2 Å². The van der Waals surface area contributed by atoms with E-state index < -0.39 is 0 Å². The van der Waals surface area contributed by atoms with Gasteiger partial charge in [0, 0.05) is 17.1 Å². The number of rotatable bonds is 9. The summed E-state index contributed by atoms with van der Waals surface area (Å²) in [6, 6.07) is 0. The molecule has 0 aromatic carbocycles. The molecule has 0 spiro atoms. The van der Waals surface area contributed by atoms with Crippen LogP contribution in [0.25, 0.3) is 0 Å². The maximum atomic E-state index is 5.73. The van der Waals surface area contributed by atoms with E-state index in [1.807, 2.05) is 0 Å². The number of nitrogens with one attached hydrogen (secondary N) is 1. The van der Waals surface area contributed by atoms with Crippen LogP contribution in [0.1, 0.15) is 46.0 Å². The molecule has 0 aliphatic heterocycles. The molecule has 0 heterocycles. The lowest BCUT2D eigenvalue weighted by atomic mass is 10.0. The summed E-state index contributed by atoms with van der Waals surface area (Å²) in [5.41, 5.74) is 1.41. The van der Waals surface area contributed by atoms with Gasteiger partial charge < -0.3 is 5.32 Å². The predicted molar refractivity (Wildman–Crippen MR) is 70.6 cm³/mol. The molecule has 1 nitrogen and oxygen atoms in total. The fourth-order valence-corrected chi connectivity index (χ4v) is 1.57. The molecule has 0 aromatic heterocycles. The lowest BCUT2D eigenvalue weighted by molar-refractivity contribution is 0.515. The van der Waals surface area contributed by atoms with Gasteiger partial charge in [0.05, 0.1) is 0 Å². The molecule has 90 valence electrons. The number of halogens is 2. The highest BCUT2D eigenvalue weighted by atomic mass is 35.5. The standard InChI is InChI=1S/C12H23Cl2N/c1-11(2)7-5-3-4-6-8-15-10-12(14)9-13/h9,11,15H,3-8,10H2,1-2H3. The molecule has 1 N–H and O–H groups in total. The van der Waals surface area contributed by atoms with Crippen molar-refractivity contribution >= 4 is 23.2 Å². The van der Waals surface area contributed by atoms with Crippen molar-refractivity contribution in [3.05, 3.63) is 10.6 Å². The minimum atomic E-state index is 0.677. The average Bonchev–Trinajstić information content (AvgIpc) is 2.21. The molecular formula is C12H23Cl2N. The van der Waals surface area contributed by atoms with E-state index in [1.54, 1.807) is 0 Å². The first-order chi connectivity index (χ1) is 7.16. The zero-order chi connectivity index (χ0) is 11.5. The number of hydrogen-bond acceptors (Lipinski definition) is 1. The first-order valence-corrected chi connectivity index (χ1v) is 6.63. The van der Waals surface area contributed by atoms with Crippen molar-refractivity contribution in [3.8, 4) is 0 Å². The Balaban J connectivity index is 3.05. The van der Waals surface area contributed by atoms with E-state index in [0.29, 0.717) is 11.6 Å². The van der Waals surface area contributed by atoms with Crippen LogP contribution in [0.4, 0.5) is 0 Å². The van der Waals surface area contributed by atoms with Gasteiger partial charge in [0.15, 0.2) is 0 Å². The molecule has 0 bridgehead atoms. The molecule has 0 aliphatic carbocycles. The van der Waals surface area contributed by atoms with Crippen molar-refractivity contribution in [2.24, 2.45) is 5.92 Å². The minimum Gasteiger partial charge on any atom is -0.312 e. The highest BCUT2D eigenvalue weighted by Gasteiger charge is 1.95. The lowest BCUT2D eigenvalue weighted by Gasteiger charge is -2.05. The molecule has 0 atom stereocenters. The molecule has 0 rings (SSSR count). The lowest BCUT2D eigenvalue weighted by Crippen LogP contribution is -2.16. The third-order valence-corrected chi connectivity index (χ3v) is 2.92. The Hall–Kier alpha value is 0.280. The van der Waals surface area contributed by atoms with Crippen LogP contribution in [0.5, 0.6) is 0 Å². The molecule has 0 saturated heterocycles. The summed E-state index contributed by atoms with van der Waals surface area (Å²) in [4.78, 5) is 0. The van der Waals surface area contributed by atoms with E-state index >= 15 is 0 Å². The average molecular weight is 252 g/mol. The Labute approximate surface area is 104 Å². The van der Waals surface area contributed by atoms with Crippen molar-refractivity contribution in [3.63, 3.8) is 0 Å². The van der Waals surface area contributed by atoms with Crippen LogP contribution in [-0.2, 0) is 0 Å². The zero-order valence-corrected chi connectivity index (χ0v) is 11.4. The van der Waals surface area contributed by atoms with Gasteiger partial charge in [0.25, 0.3) is 0 Å². The fourth-order valence-electron chi connectivity index (χ4n) is 1.40. The summed E-state index contributed by atoms with van der Waals surface area (Å²) in [5.74, 6) is 0.843. The second-order valence-electron chi connectivity index (χ2n) is 4.33. The summed E-state index contributed by atoms with van der Waals surface area (Å²) in [7, 11) is 0. The Morgan fingerprint density at radius 3 is 2.47 bits per heavy atom. The first-order valence-electron chi connectivity index (χ1n) is 5.82. The van der Waals surface area contributed by atoms with Crippen LogP contribution < -0.4 is 5.32 Å². The summed E-state index contributed by atoms with van der Waals surface area (Å²) in [6.07, 6.45) is 6.60. The van der Waals surface area contributed by atoms with Crippen LogP contribution in [0.15, 0.2) is 10.6 Å². The molecule has 0 radical (unpaired) electrons. The second-order valence-corrected chi connectivity index (χ2v) is 5.03. The van der Waals surface area contributed by atoms with Crippen molar-refractivity contribution in [2.45, 2.75) is 46.0 Å². The number of hydrogen-bond donors (Lipinski definition) is 1. The molecule has 0 amide bonds. The van der Waals surface area contributed by atoms with E-state index in [1.165, 1.54) is 37.6 Å². The third-order valence-electron chi connectivity index (χ3n) is 2.30. The van der Waals surface area contributed by atoms with Crippen molar-refractivity contribution < 1.29 is 0 Å². The summed E-state index contributed by atoms with van der Waals surface area (Å²) >= 11 is 11.2. The zero-order valence-electron chi connectivity index (χ0n) is 9.86. The Morgan fingerprint density at radius 2 is 1.87 bits per heavy atom. The molecular weight excluding hydrogens is 229 g/mol. The SMILES string of the molecule is CC(C)CCCCCCNCC(Cl)=CCl. The molecule has 0 aromatic rings. The van der Waals surface area contributed by atoms with Crippen LogP contribution in [0, 0.1) is 5.92 Å². The van der Waals surface area contributed by atoms with Crippen LogP contribution in [-0.4, -0.2) is 13.1 Å². The van der Waals surface area contributed by atoms with Gasteiger partial charge in [-0.15, -0.1) is 0 Å². The second kappa shape index (κ2) is 10.8. The van der Waals surface area contributed by atoms with E-state index in [9.17, 15) is 0 Å². The van der Waals surface area contributed by atoms with Gasteiger partial charge in [-0.2, -0.15) is 0 Å². The van der Waals surface area contributed by atoms with Gasteiger partial charge in [-0.25, -0.2) is 0 Å². The van der Waals surface area contributed by atoms with E-state index in [4.69, 9.17) is 23.2 Å². The van der Waals surface area contributed by atoms with Crippen LogP contribution in [0.3, 0.4) is 0 Å². The normalized spacial score (nSPS) is 12.5. The van der Waals surface area contributed by atoms with Crippen molar-refractivity contribution in [1.29, 1.82) is 0 Å². The third kappa shape index (κ3) is 12.2. The predicted octanol–water partition coefficient (Wildman–Crippen LogP) is 4.50. The van der Waals surface area contributed by atoms with Gasteiger partial charge in [-0.1, -0.05) is 62.7 Å². The van der Waals surface area contributed by atoms with Crippen molar-refractivity contribution in [2.75, 3.05) is 13.1 Å². The quantitative estimate of drug-likeness (QED) is 0.596. The monoisotopic (exact) mass is 251 g/mol. The Bertz CT molecular complexity index is 167. The van der Waals surface area contributed by atoms with E-state index in [2.05, 4.69) is 19.2 Å². The van der Waals surface area contributed by atoms with E-state index in [0.717, 1.165) is 12.5 Å². The largest absolute Gasteiger partial charge is 0.312 e. The summed E-state index contributed by atoms with van der Waals surface area (Å²) < 4.78 is 0. The maximum absolute atomic E-state index is 5.73. The van der Waals surface area contributed by atoms with Crippen LogP contribution in [0.2, 0.25) is 0 Å². The minimum absolute atomic E-state index is 0.677.